The number of nitrogens with one attached hydrogen (secondary N) is 1. The maximum absolute atomic E-state index is 9.60. The van der Waals surface area contributed by atoms with Gasteiger partial charge in [0.1, 0.15) is 5.75 Å². The quantitative estimate of drug-likeness (QED) is 0.621. The number of hydrogen-bond donors (Lipinski definition) is 3. The van der Waals surface area contributed by atoms with Crippen LogP contribution in [0.2, 0.25) is 0 Å². The van der Waals surface area contributed by atoms with Gasteiger partial charge in [0.05, 0.1) is 0 Å². The van der Waals surface area contributed by atoms with Crippen molar-refractivity contribution in [3.63, 3.8) is 0 Å². The highest BCUT2D eigenvalue weighted by Crippen LogP contribution is 2.27. The van der Waals surface area contributed by atoms with Gasteiger partial charge >= 0.3 is 0 Å². The van der Waals surface area contributed by atoms with Gasteiger partial charge in [0.15, 0.2) is 0 Å². The summed E-state index contributed by atoms with van der Waals surface area (Å²) in [7, 11) is 0. The molecule has 0 saturated heterocycles. The van der Waals surface area contributed by atoms with Gasteiger partial charge in [-0.05, 0) is 25.1 Å². The molecule has 1 heterocycles. The van der Waals surface area contributed by atoms with Crippen LogP contribution in [0.4, 0.5) is 0 Å². The summed E-state index contributed by atoms with van der Waals surface area (Å²) < 4.78 is 0. The van der Waals surface area contributed by atoms with E-state index >= 15 is 0 Å². The fourth-order valence-corrected chi connectivity index (χ4v) is 1.47. The van der Waals surface area contributed by atoms with E-state index in [1.165, 1.54) is 0 Å². The summed E-state index contributed by atoms with van der Waals surface area (Å²) in [6.07, 6.45) is 1.84. The lowest BCUT2D eigenvalue weighted by Crippen LogP contribution is -2.04. The first kappa shape index (κ1) is 8.13. The molecule has 0 saturated carbocycles. The molecule has 0 bridgehead atoms. The molecule has 3 nitrogen and oxygen atoms in total. The molecular formula is C10H12N2O. The van der Waals surface area contributed by atoms with Gasteiger partial charge in [0.25, 0.3) is 0 Å². The molecule has 0 amide bonds. The molecule has 1 aromatic carbocycles. The first-order chi connectivity index (χ1) is 6.18. The summed E-state index contributed by atoms with van der Waals surface area (Å²) in [6.45, 7) is 1.85. The van der Waals surface area contributed by atoms with Gasteiger partial charge in [-0.3, -0.25) is 0 Å². The van der Waals surface area contributed by atoms with Crippen molar-refractivity contribution in [3.05, 3.63) is 30.0 Å². The SMILES string of the molecule is CC(N)c1cc2[nH]ccc2cc1O. The van der Waals surface area contributed by atoms with E-state index in [-0.39, 0.29) is 11.8 Å². The predicted octanol–water partition coefficient (Wildman–Crippen LogP) is 1.89. The summed E-state index contributed by atoms with van der Waals surface area (Å²) in [6, 6.07) is 5.38. The molecule has 13 heavy (non-hydrogen) atoms. The minimum atomic E-state index is -0.146. The van der Waals surface area contributed by atoms with E-state index in [4.69, 9.17) is 5.73 Å². The van der Waals surface area contributed by atoms with Crippen molar-refractivity contribution in [2.45, 2.75) is 13.0 Å². The van der Waals surface area contributed by atoms with Crippen molar-refractivity contribution in [2.75, 3.05) is 0 Å². The number of benzene rings is 1. The molecule has 2 rings (SSSR count). The zero-order valence-electron chi connectivity index (χ0n) is 7.41. The van der Waals surface area contributed by atoms with E-state index in [2.05, 4.69) is 4.98 Å². The number of aromatic amines is 1. The third-order valence-corrected chi connectivity index (χ3v) is 2.19. The van der Waals surface area contributed by atoms with E-state index in [1.54, 1.807) is 6.07 Å². The Hall–Kier alpha value is -1.48. The average molecular weight is 176 g/mol. The molecule has 4 N–H and O–H groups in total. The second-order valence-corrected chi connectivity index (χ2v) is 3.26. The highest BCUT2D eigenvalue weighted by Gasteiger charge is 2.07. The maximum Gasteiger partial charge on any atom is 0.121 e. The number of phenolic OH excluding ortho intramolecular Hbond substituents is 1. The van der Waals surface area contributed by atoms with Crippen molar-refractivity contribution in [1.29, 1.82) is 0 Å². The van der Waals surface area contributed by atoms with Crippen LogP contribution in [0.3, 0.4) is 0 Å². The first-order valence-corrected chi connectivity index (χ1v) is 4.24. The van der Waals surface area contributed by atoms with Crippen LogP contribution >= 0.6 is 0 Å². The largest absolute Gasteiger partial charge is 0.508 e. The number of hydrogen-bond acceptors (Lipinski definition) is 2. The second-order valence-electron chi connectivity index (χ2n) is 3.26. The van der Waals surface area contributed by atoms with Crippen molar-refractivity contribution in [3.8, 4) is 5.75 Å². The van der Waals surface area contributed by atoms with Crippen molar-refractivity contribution >= 4 is 10.9 Å². The van der Waals surface area contributed by atoms with Crippen LogP contribution in [-0.2, 0) is 0 Å². The molecule has 0 spiro atoms. The van der Waals surface area contributed by atoms with Gasteiger partial charge in [0, 0.05) is 28.7 Å². The Morgan fingerprint density at radius 3 is 2.92 bits per heavy atom. The van der Waals surface area contributed by atoms with Gasteiger partial charge in [-0.2, -0.15) is 0 Å². The Bertz CT molecular complexity index is 431. The Balaban J connectivity index is 2.69. The van der Waals surface area contributed by atoms with Crippen LogP contribution in [0, 0.1) is 0 Å². The smallest absolute Gasteiger partial charge is 0.121 e. The van der Waals surface area contributed by atoms with Gasteiger partial charge in [-0.25, -0.2) is 0 Å². The van der Waals surface area contributed by atoms with E-state index in [9.17, 15) is 5.11 Å². The number of nitrogens with two attached hydrogens (primary N) is 1. The third-order valence-electron chi connectivity index (χ3n) is 2.19. The molecule has 0 aliphatic carbocycles. The van der Waals surface area contributed by atoms with Crippen molar-refractivity contribution in [2.24, 2.45) is 5.73 Å². The lowest BCUT2D eigenvalue weighted by atomic mass is 10.1. The molecule has 3 heteroatoms. The normalized spacial score (nSPS) is 13.4. The molecule has 0 radical (unpaired) electrons. The van der Waals surface area contributed by atoms with Gasteiger partial charge in [0.2, 0.25) is 0 Å². The number of fused-ring (bicyclic) bond motifs is 1. The summed E-state index contributed by atoms with van der Waals surface area (Å²) >= 11 is 0. The molecule has 1 atom stereocenters. The Labute approximate surface area is 76.2 Å². The van der Waals surface area contributed by atoms with E-state index in [0.717, 1.165) is 16.5 Å². The summed E-state index contributed by atoms with van der Waals surface area (Å²) in [5, 5.41) is 10.6. The lowest BCUT2D eigenvalue weighted by molar-refractivity contribution is 0.465. The van der Waals surface area contributed by atoms with Gasteiger partial charge in [-0.15, -0.1) is 0 Å². The highest BCUT2D eigenvalue weighted by molar-refractivity contribution is 5.82. The standard InChI is InChI=1S/C10H12N2O/c1-6(11)8-5-9-7(2-3-12-9)4-10(8)13/h2-6,12-13H,11H2,1H3. The number of aromatic hydroxyl groups is 1. The monoisotopic (exact) mass is 176 g/mol. The summed E-state index contributed by atoms with van der Waals surface area (Å²) in [4.78, 5) is 3.08. The Morgan fingerprint density at radius 1 is 1.46 bits per heavy atom. The number of H-pyrrole nitrogens is 1. The summed E-state index contributed by atoms with van der Waals surface area (Å²) in [5.41, 5.74) is 7.48. The van der Waals surface area contributed by atoms with Gasteiger partial charge in [-0.1, -0.05) is 0 Å². The van der Waals surface area contributed by atoms with Crippen LogP contribution in [0.25, 0.3) is 10.9 Å². The zero-order chi connectivity index (χ0) is 9.42. The fraction of sp³-hybridized carbons (Fsp3) is 0.200. The number of aromatic nitrogens is 1. The number of rotatable bonds is 1. The molecule has 2 aromatic rings. The van der Waals surface area contributed by atoms with Crippen LogP contribution < -0.4 is 5.73 Å². The Morgan fingerprint density at radius 2 is 2.23 bits per heavy atom. The molecule has 0 aliphatic rings. The first-order valence-electron chi connectivity index (χ1n) is 4.24. The van der Waals surface area contributed by atoms with E-state index in [1.807, 2.05) is 25.3 Å². The second kappa shape index (κ2) is 2.78. The molecule has 1 aromatic heterocycles. The minimum absolute atomic E-state index is 0.146. The topological polar surface area (TPSA) is 62.0 Å². The fourth-order valence-electron chi connectivity index (χ4n) is 1.47. The molecule has 0 fully saturated rings. The van der Waals surface area contributed by atoms with Crippen LogP contribution in [0.15, 0.2) is 24.4 Å². The molecule has 0 aliphatic heterocycles. The van der Waals surface area contributed by atoms with E-state index in [0.29, 0.717) is 0 Å². The third kappa shape index (κ3) is 1.27. The highest BCUT2D eigenvalue weighted by atomic mass is 16.3. The van der Waals surface area contributed by atoms with Crippen LogP contribution in [-0.4, -0.2) is 10.1 Å². The van der Waals surface area contributed by atoms with E-state index < -0.39 is 0 Å². The predicted molar refractivity (Wildman–Crippen MR) is 52.6 cm³/mol. The van der Waals surface area contributed by atoms with Crippen molar-refractivity contribution < 1.29 is 5.11 Å². The van der Waals surface area contributed by atoms with Crippen molar-refractivity contribution in [1.82, 2.24) is 4.98 Å². The zero-order valence-corrected chi connectivity index (χ0v) is 7.41. The number of phenols is 1. The van der Waals surface area contributed by atoms with Gasteiger partial charge < -0.3 is 15.8 Å². The van der Waals surface area contributed by atoms with Crippen LogP contribution in [0.1, 0.15) is 18.5 Å². The molecular weight excluding hydrogens is 164 g/mol. The molecule has 1 unspecified atom stereocenters. The lowest BCUT2D eigenvalue weighted by Gasteiger charge is -2.07. The molecule has 68 valence electrons. The van der Waals surface area contributed by atoms with Crippen LogP contribution in [0.5, 0.6) is 5.75 Å². The maximum atomic E-state index is 9.60. The average Bonchev–Trinajstić information content (AvgIpc) is 2.48. The summed E-state index contributed by atoms with van der Waals surface area (Å²) in [5.74, 6) is 0.266. The Kier molecular flexibility index (Phi) is 1.74. The minimum Gasteiger partial charge on any atom is -0.508 e.